The molecule has 0 bridgehead atoms. The number of hydrogen-bond acceptors (Lipinski definition) is 9. The Morgan fingerprint density at radius 1 is 0.852 bits per heavy atom. The summed E-state index contributed by atoms with van der Waals surface area (Å²) in [6, 6.07) is 14.7. The van der Waals surface area contributed by atoms with Gasteiger partial charge in [0.05, 0.1) is 15.5 Å². The molecular formula is C16H12N6O4S. The topological polar surface area (TPSA) is 136 Å². The Morgan fingerprint density at radius 2 is 1.56 bits per heavy atom. The van der Waals surface area contributed by atoms with Crippen molar-refractivity contribution >= 4 is 34.6 Å². The number of aromatic nitrogens is 2. The molecule has 1 aromatic heterocycles. The molecule has 3 rings (SSSR count). The summed E-state index contributed by atoms with van der Waals surface area (Å²) < 4.78 is 0. The van der Waals surface area contributed by atoms with Gasteiger partial charge < -0.3 is 0 Å². The Hall–Kier alpha value is -3.73. The van der Waals surface area contributed by atoms with Gasteiger partial charge in [-0.25, -0.2) is 9.97 Å². The van der Waals surface area contributed by atoms with Crippen molar-refractivity contribution < 1.29 is 9.85 Å². The van der Waals surface area contributed by atoms with Gasteiger partial charge in [0.1, 0.15) is 6.33 Å². The lowest BCUT2D eigenvalue weighted by Crippen LogP contribution is -2.12. The van der Waals surface area contributed by atoms with Crippen LogP contribution in [0.25, 0.3) is 0 Å². The lowest BCUT2D eigenvalue weighted by molar-refractivity contribution is -0.387. The molecule has 0 unspecified atom stereocenters. The predicted octanol–water partition coefficient (Wildman–Crippen LogP) is 3.88. The summed E-state index contributed by atoms with van der Waals surface area (Å²) in [6.07, 6.45) is 1.22. The Balaban J connectivity index is 1.81. The third kappa shape index (κ3) is 4.46. The third-order valence-electron chi connectivity index (χ3n) is 3.33. The first-order valence-electron chi connectivity index (χ1n) is 7.53. The monoisotopic (exact) mass is 384 g/mol. The van der Waals surface area contributed by atoms with Gasteiger partial charge in [0.2, 0.25) is 5.82 Å². The zero-order valence-corrected chi connectivity index (χ0v) is 14.4. The second kappa shape index (κ2) is 8.10. The minimum absolute atomic E-state index is 0.0215. The van der Waals surface area contributed by atoms with E-state index in [0.717, 1.165) is 16.7 Å². The first-order chi connectivity index (χ1) is 13.0. The Morgan fingerprint density at radius 3 is 2.19 bits per heavy atom. The fraction of sp³-hybridized carbons (Fsp3) is 0. The predicted molar refractivity (Wildman–Crippen MR) is 99.6 cm³/mol. The van der Waals surface area contributed by atoms with E-state index in [0.29, 0.717) is 5.69 Å². The van der Waals surface area contributed by atoms with Crippen molar-refractivity contribution in [3.05, 3.63) is 81.2 Å². The van der Waals surface area contributed by atoms with Gasteiger partial charge in [0.25, 0.3) is 5.69 Å². The van der Waals surface area contributed by atoms with E-state index >= 15 is 0 Å². The largest absolute Gasteiger partial charge is 0.345 e. The van der Waals surface area contributed by atoms with E-state index in [2.05, 4.69) is 20.8 Å². The number of non-ortho nitro benzene ring substituents is 1. The van der Waals surface area contributed by atoms with Gasteiger partial charge in [-0.05, 0) is 24.3 Å². The van der Waals surface area contributed by atoms with E-state index in [-0.39, 0.29) is 22.2 Å². The van der Waals surface area contributed by atoms with Crippen molar-refractivity contribution in [3.63, 3.8) is 0 Å². The number of nitro groups is 2. The number of rotatable bonds is 7. The molecule has 136 valence electrons. The average molecular weight is 384 g/mol. The van der Waals surface area contributed by atoms with Crippen LogP contribution in [0.3, 0.4) is 0 Å². The van der Waals surface area contributed by atoms with Crippen LogP contribution in [-0.2, 0) is 0 Å². The van der Waals surface area contributed by atoms with Gasteiger partial charge >= 0.3 is 5.69 Å². The van der Waals surface area contributed by atoms with Crippen LogP contribution in [0, 0.1) is 20.2 Å². The van der Waals surface area contributed by atoms with Gasteiger partial charge in [-0.2, -0.15) is 0 Å². The van der Waals surface area contributed by atoms with Crippen LogP contribution in [-0.4, -0.2) is 19.8 Å². The van der Waals surface area contributed by atoms with E-state index in [1.165, 1.54) is 30.6 Å². The standard InChI is InChI=1S/C16H12N6O4S/c23-21(24)12-8-6-11(7-9-12)19-20-15-14(22(25)26)16(18-10-17-15)27-13-4-2-1-3-5-13/h1-10,19H,(H,17,18,20). The summed E-state index contributed by atoms with van der Waals surface area (Å²) in [7, 11) is 0. The van der Waals surface area contributed by atoms with Crippen molar-refractivity contribution in [1.29, 1.82) is 0 Å². The molecule has 0 fully saturated rings. The number of hydrazine groups is 1. The first-order valence-corrected chi connectivity index (χ1v) is 8.35. The van der Waals surface area contributed by atoms with Gasteiger partial charge in [0.15, 0.2) is 5.03 Å². The normalized spacial score (nSPS) is 10.2. The second-order valence-electron chi connectivity index (χ2n) is 5.10. The maximum atomic E-state index is 11.5. The lowest BCUT2D eigenvalue weighted by Gasteiger charge is -2.10. The first kappa shape index (κ1) is 18.1. The highest BCUT2D eigenvalue weighted by Gasteiger charge is 2.23. The van der Waals surface area contributed by atoms with Gasteiger partial charge in [-0.15, -0.1) is 0 Å². The molecule has 1 heterocycles. The lowest BCUT2D eigenvalue weighted by atomic mass is 10.3. The molecule has 27 heavy (non-hydrogen) atoms. The zero-order valence-electron chi connectivity index (χ0n) is 13.6. The molecule has 0 amide bonds. The molecular weight excluding hydrogens is 372 g/mol. The number of nitrogens with one attached hydrogen (secondary N) is 2. The van der Waals surface area contributed by atoms with Gasteiger partial charge in [-0.3, -0.25) is 31.1 Å². The molecule has 0 saturated carbocycles. The van der Waals surface area contributed by atoms with Crippen molar-refractivity contribution in [2.45, 2.75) is 9.92 Å². The molecule has 2 N–H and O–H groups in total. The fourth-order valence-electron chi connectivity index (χ4n) is 2.09. The van der Waals surface area contributed by atoms with Crippen LogP contribution in [0.2, 0.25) is 0 Å². The fourth-order valence-corrected chi connectivity index (χ4v) is 2.98. The maximum absolute atomic E-state index is 11.5. The number of hydrogen-bond donors (Lipinski definition) is 2. The molecule has 0 aliphatic carbocycles. The van der Waals surface area contributed by atoms with Crippen LogP contribution in [0.1, 0.15) is 0 Å². The smallest absolute Gasteiger partial charge is 0.299 e. The highest BCUT2D eigenvalue weighted by molar-refractivity contribution is 7.99. The molecule has 11 heteroatoms. The Bertz CT molecular complexity index is 968. The van der Waals surface area contributed by atoms with Crippen LogP contribution < -0.4 is 10.9 Å². The summed E-state index contributed by atoms with van der Waals surface area (Å²) in [6.45, 7) is 0. The number of anilines is 2. The summed E-state index contributed by atoms with van der Waals surface area (Å²) in [4.78, 5) is 29.9. The number of benzene rings is 2. The SMILES string of the molecule is O=[N+]([O-])c1ccc(NNc2ncnc(Sc3ccccc3)c2[N+](=O)[O-])cc1. The van der Waals surface area contributed by atoms with Crippen LogP contribution in [0.15, 0.2) is 70.8 Å². The van der Waals surface area contributed by atoms with E-state index in [1.807, 2.05) is 30.3 Å². The summed E-state index contributed by atoms with van der Waals surface area (Å²) in [5.41, 5.74) is 5.54. The average Bonchev–Trinajstić information content (AvgIpc) is 2.67. The summed E-state index contributed by atoms with van der Waals surface area (Å²) in [5.74, 6) is -0.0215. The van der Waals surface area contributed by atoms with E-state index < -0.39 is 9.85 Å². The Kier molecular flexibility index (Phi) is 5.42. The molecule has 3 aromatic rings. The molecule has 0 aliphatic heterocycles. The van der Waals surface area contributed by atoms with Gasteiger partial charge in [-0.1, -0.05) is 30.0 Å². The summed E-state index contributed by atoms with van der Waals surface area (Å²) in [5, 5.41) is 22.4. The van der Waals surface area contributed by atoms with E-state index in [1.54, 1.807) is 0 Å². The van der Waals surface area contributed by atoms with Crippen molar-refractivity contribution in [2.75, 3.05) is 10.9 Å². The molecule has 0 saturated heterocycles. The maximum Gasteiger partial charge on any atom is 0.345 e. The molecule has 0 spiro atoms. The number of nitrogens with zero attached hydrogens (tertiary/aromatic N) is 4. The third-order valence-corrected chi connectivity index (χ3v) is 4.33. The van der Waals surface area contributed by atoms with Crippen LogP contribution >= 0.6 is 11.8 Å². The highest BCUT2D eigenvalue weighted by atomic mass is 32.2. The molecule has 0 atom stereocenters. The van der Waals surface area contributed by atoms with Crippen molar-refractivity contribution in [2.24, 2.45) is 0 Å². The molecule has 10 nitrogen and oxygen atoms in total. The summed E-state index contributed by atoms with van der Waals surface area (Å²) >= 11 is 1.15. The van der Waals surface area contributed by atoms with Crippen LogP contribution in [0.5, 0.6) is 0 Å². The quantitative estimate of drug-likeness (QED) is 0.353. The zero-order chi connectivity index (χ0) is 19.2. The van der Waals surface area contributed by atoms with Crippen LogP contribution in [0.4, 0.5) is 22.9 Å². The second-order valence-corrected chi connectivity index (χ2v) is 6.16. The highest BCUT2D eigenvalue weighted by Crippen LogP contribution is 2.36. The minimum Gasteiger partial charge on any atom is -0.299 e. The minimum atomic E-state index is -0.564. The molecule has 0 radical (unpaired) electrons. The molecule has 2 aromatic carbocycles. The Labute approximate surface area is 156 Å². The van der Waals surface area contributed by atoms with Gasteiger partial charge in [0, 0.05) is 17.0 Å². The van der Waals surface area contributed by atoms with E-state index in [9.17, 15) is 20.2 Å². The molecule has 0 aliphatic rings. The number of nitro benzene ring substituents is 1. The van der Waals surface area contributed by atoms with Crippen molar-refractivity contribution in [1.82, 2.24) is 9.97 Å². The van der Waals surface area contributed by atoms with Crippen molar-refractivity contribution in [3.8, 4) is 0 Å². The van der Waals surface area contributed by atoms with E-state index in [4.69, 9.17) is 0 Å².